The van der Waals surface area contributed by atoms with E-state index in [-0.39, 0.29) is 29.5 Å². The SMILES string of the molecule is C[C@@H]1Cc2cc(C(O)=C3C(=O)C(=O)N(Cc4cccnc4)[C@@H]3c3ccccc3F)ccc2O1. The van der Waals surface area contributed by atoms with Crippen LogP contribution in [0.4, 0.5) is 4.39 Å². The third kappa shape index (κ3) is 3.65. The molecule has 1 fully saturated rings. The Morgan fingerprint density at radius 2 is 2.00 bits per heavy atom. The van der Waals surface area contributed by atoms with Gasteiger partial charge in [-0.15, -0.1) is 0 Å². The predicted molar refractivity (Wildman–Crippen MR) is 119 cm³/mol. The number of halogens is 1. The molecule has 2 aliphatic heterocycles. The summed E-state index contributed by atoms with van der Waals surface area (Å²) in [6, 6.07) is 13.5. The molecule has 2 atom stereocenters. The minimum Gasteiger partial charge on any atom is -0.507 e. The zero-order valence-corrected chi connectivity index (χ0v) is 17.9. The van der Waals surface area contributed by atoms with Gasteiger partial charge in [0.25, 0.3) is 11.7 Å². The molecule has 0 spiro atoms. The van der Waals surface area contributed by atoms with Gasteiger partial charge in [-0.3, -0.25) is 14.6 Å². The second kappa shape index (κ2) is 8.16. The third-order valence-corrected chi connectivity index (χ3v) is 5.98. The molecular formula is C26H21FN2O4. The molecule has 2 aromatic carbocycles. The van der Waals surface area contributed by atoms with Gasteiger partial charge in [-0.2, -0.15) is 0 Å². The highest BCUT2D eigenvalue weighted by Gasteiger charge is 2.47. The molecule has 166 valence electrons. The number of carbonyl (C=O) groups is 2. The van der Waals surface area contributed by atoms with Crippen LogP contribution < -0.4 is 4.74 Å². The number of Topliss-reactive ketones (excluding diaryl/α,β-unsaturated/α-hetero) is 1. The maximum atomic E-state index is 14.9. The van der Waals surface area contributed by atoms with E-state index in [4.69, 9.17) is 4.74 Å². The largest absolute Gasteiger partial charge is 0.507 e. The lowest BCUT2D eigenvalue weighted by atomic mass is 9.94. The number of ether oxygens (including phenoxy) is 1. The lowest BCUT2D eigenvalue weighted by Gasteiger charge is -2.25. The number of nitrogens with zero attached hydrogens (tertiary/aromatic N) is 2. The quantitative estimate of drug-likeness (QED) is 0.371. The molecule has 0 unspecified atom stereocenters. The Balaban J connectivity index is 1.65. The van der Waals surface area contributed by atoms with E-state index in [1.54, 1.807) is 48.8 Å². The number of carbonyl (C=O) groups excluding carboxylic acids is 2. The van der Waals surface area contributed by atoms with Crippen LogP contribution in [0.15, 0.2) is 72.6 Å². The molecule has 3 aromatic rings. The summed E-state index contributed by atoms with van der Waals surface area (Å²) in [6.45, 7) is 1.99. The van der Waals surface area contributed by atoms with Gasteiger partial charge in [-0.25, -0.2) is 4.39 Å². The van der Waals surface area contributed by atoms with Crippen LogP contribution in [0.3, 0.4) is 0 Å². The number of benzene rings is 2. The molecule has 1 aromatic heterocycles. The van der Waals surface area contributed by atoms with Crippen molar-refractivity contribution in [2.45, 2.75) is 32.0 Å². The van der Waals surface area contributed by atoms with Crippen LogP contribution in [0.5, 0.6) is 5.75 Å². The van der Waals surface area contributed by atoms with Crippen LogP contribution in [0.25, 0.3) is 5.76 Å². The van der Waals surface area contributed by atoms with Gasteiger partial charge < -0.3 is 14.7 Å². The van der Waals surface area contributed by atoms with E-state index < -0.39 is 23.5 Å². The van der Waals surface area contributed by atoms with E-state index in [1.165, 1.54) is 23.1 Å². The molecule has 0 aliphatic carbocycles. The Bertz CT molecular complexity index is 1290. The summed E-state index contributed by atoms with van der Waals surface area (Å²) < 4.78 is 20.6. The first-order chi connectivity index (χ1) is 15.9. The monoisotopic (exact) mass is 444 g/mol. The van der Waals surface area contributed by atoms with Crippen molar-refractivity contribution in [1.82, 2.24) is 9.88 Å². The second-order valence-electron chi connectivity index (χ2n) is 8.26. The van der Waals surface area contributed by atoms with Crippen molar-refractivity contribution in [2.24, 2.45) is 0 Å². The van der Waals surface area contributed by atoms with Crippen molar-refractivity contribution < 1.29 is 23.8 Å². The van der Waals surface area contributed by atoms with E-state index in [1.807, 2.05) is 6.92 Å². The average Bonchev–Trinajstić information content (AvgIpc) is 3.31. The molecule has 0 bridgehead atoms. The molecule has 3 heterocycles. The predicted octanol–water partition coefficient (Wildman–Crippen LogP) is 4.17. The number of aromatic nitrogens is 1. The number of ketones is 1. The zero-order chi connectivity index (χ0) is 23.1. The lowest BCUT2D eigenvalue weighted by Crippen LogP contribution is -2.29. The van der Waals surface area contributed by atoms with Crippen LogP contribution in [-0.2, 0) is 22.6 Å². The lowest BCUT2D eigenvalue weighted by molar-refractivity contribution is -0.140. The van der Waals surface area contributed by atoms with Crippen LogP contribution in [-0.4, -0.2) is 32.8 Å². The molecular weight excluding hydrogens is 423 g/mol. The number of likely N-dealkylation sites (tertiary alicyclic amines) is 1. The standard InChI is InChI=1S/C26H21FN2O4/c1-15-11-18-12-17(8-9-21(18)33-15)24(30)22-23(19-6-2-3-7-20(19)27)29(26(32)25(22)31)14-16-5-4-10-28-13-16/h2-10,12-13,15,23,30H,11,14H2,1H3/t15-,23-/m1/s1. The van der Waals surface area contributed by atoms with E-state index in [2.05, 4.69) is 4.98 Å². The number of rotatable bonds is 4. The number of fused-ring (bicyclic) bond motifs is 1. The van der Waals surface area contributed by atoms with Crippen molar-refractivity contribution in [3.8, 4) is 5.75 Å². The summed E-state index contributed by atoms with van der Waals surface area (Å²) in [7, 11) is 0. The van der Waals surface area contributed by atoms with E-state index in [0.717, 1.165) is 11.3 Å². The Morgan fingerprint density at radius 3 is 2.76 bits per heavy atom. The number of amides is 1. The Labute approximate surface area is 190 Å². The van der Waals surface area contributed by atoms with Crippen LogP contribution in [0, 0.1) is 5.82 Å². The molecule has 1 saturated heterocycles. The van der Waals surface area contributed by atoms with Gasteiger partial charge in [0.2, 0.25) is 0 Å². The van der Waals surface area contributed by atoms with Crippen molar-refractivity contribution in [1.29, 1.82) is 0 Å². The van der Waals surface area contributed by atoms with Crippen molar-refractivity contribution in [3.63, 3.8) is 0 Å². The summed E-state index contributed by atoms with van der Waals surface area (Å²) in [5, 5.41) is 11.2. The number of hydrogen-bond acceptors (Lipinski definition) is 5. The molecule has 0 saturated carbocycles. The van der Waals surface area contributed by atoms with Crippen LogP contribution >= 0.6 is 0 Å². The summed E-state index contributed by atoms with van der Waals surface area (Å²) in [6.07, 6.45) is 3.87. The van der Waals surface area contributed by atoms with Gasteiger partial charge in [0.15, 0.2) is 0 Å². The fourth-order valence-corrected chi connectivity index (χ4v) is 4.48. The molecule has 33 heavy (non-hydrogen) atoms. The summed E-state index contributed by atoms with van der Waals surface area (Å²) >= 11 is 0. The highest BCUT2D eigenvalue weighted by molar-refractivity contribution is 6.46. The minimum absolute atomic E-state index is 0.0147. The van der Waals surface area contributed by atoms with Gasteiger partial charge in [-0.05, 0) is 48.4 Å². The molecule has 0 radical (unpaired) electrons. The van der Waals surface area contributed by atoms with E-state index in [0.29, 0.717) is 17.5 Å². The highest BCUT2D eigenvalue weighted by atomic mass is 19.1. The number of hydrogen-bond donors (Lipinski definition) is 1. The molecule has 5 rings (SSSR count). The number of aliphatic hydroxyl groups excluding tert-OH is 1. The van der Waals surface area contributed by atoms with Gasteiger partial charge >= 0.3 is 0 Å². The van der Waals surface area contributed by atoms with Gasteiger partial charge in [-0.1, -0.05) is 24.3 Å². The van der Waals surface area contributed by atoms with Gasteiger partial charge in [0, 0.05) is 36.5 Å². The number of pyridine rings is 1. The van der Waals surface area contributed by atoms with Crippen molar-refractivity contribution in [2.75, 3.05) is 0 Å². The number of aliphatic hydroxyl groups is 1. The van der Waals surface area contributed by atoms with Crippen molar-refractivity contribution in [3.05, 3.63) is 101 Å². The third-order valence-electron chi connectivity index (χ3n) is 5.98. The van der Waals surface area contributed by atoms with Gasteiger partial charge in [0.1, 0.15) is 23.4 Å². The zero-order valence-electron chi connectivity index (χ0n) is 17.9. The molecule has 6 nitrogen and oxygen atoms in total. The average molecular weight is 444 g/mol. The second-order valence-corrected chi connectivity index (χ2v) is 8.26. The molecule has 1 amide bonds. The summed E-state index contributed by atoms with van der Waals surface area (Å²) in [5.41, 5.74) is 1.97. The maximum absolute atomic E-state index is 14.9. The van der Waals surface area contributed by atoms with Crippen LogP contribution in [0.1, 0.15) is 35.2 Å². The van der Waals surface area contributed by atoms with E-state index in [9.17, 15) is 19.1 Å². The summed E-state index contributed by atoms with van der Waals surface area (Å²) in [4.78, 5) is 31.5. The first-order valence-corrected chi connectivity index (χ1v) is 10.7. The molecule has 2 aliphatic rings. The maximum Gasteiger partial charge on any atom is 0.295 e. The topological polar surface area (TPSA) is 79.7 Å². The minimum atomic E-state index is -1.07. The fraction of sp³-hybridized carbons (Fsp3) is 0.192. The smallest absolute Gasteiger partial charge is 0.295 e. The Kier molecular flexibility index (Phi) is 5.17. The van der Waals surface area contributed by atoms with Crippen molar-refractivity contribution >= 4 is 17.4 Å². The highest BCUT2D eigenvalue weighted by Crippen LogP contribution is 2.42. The van der Waals surface area contributed by atoms with Gasteiger partial charge in [0.05, 0.1) is 11.6 Å². The van der Waals surface area contributed by atoms with Crippen LogP contribution in [0.2, 0.25) is 0 Å². The first kappa shape index (κ1) is 20.9. The first-order valence-electron chi connectivity index (χ1n) is 10.7. The molecule has 7 heteroatoms. The Morgan fingerprint density at radius 1 is 1.18 bits per heavy atom. The normalized spacial score (nSPS) is 21.2. The molecule has 1 N–H and O–H groups in total. The Hall–Kier alpha value is -4.00. The van der Waals surface area contributed by atoms with E-state index >= 15 is 0 Å². The fourth-order valence-electron chi connectivity index (χ4n) is 4.48. The summed E-state index contributed by atoms with van der Waals surface area (Å²) in [5.74, 6) is -1.83.